The number of furan rings is 1. The molecule has 0 fully saturated rings. The molecule has 2 amide bonds. The monoisotopic (exact) mass is 346 g/mol. The first kappa shape index (κ1) is 15.9. The van der Waals surface area contributed by atoms with E-state index < -0.39 is 5.91 Å². The molecule has 0 unspecified atom stereocenters. The summed E-state index contributed by atoms with van der Waals surface area (Å²) in [5, 5.41) is 11.2. The number of nitrogens with one attached hydrogen (secondary N) is 2. The van der Waals surface area contributed by atoms with Crippen LogP contribution in [0.2, 0.25) is 0 Å². The number of carbonyl (C=O) groups excluding carboxylic acids is 2. The zero-order valence-electron chi connectivity index (χ0n) is 13.0. The lowest BCUT2D eigenvalue weighted by atomic mass is 10.3. The summed E-state index contributed by atoms with van der Waals surface area (Å²) < 4.78 is 10.5. The van der Waals surface area contributed by atoms with Crippen LogP contribution in [0.5, 0.6) is 0 Å². The SMILES string of the molecule is CC(=O)NCc1ccc(-c2csc(NC(=O)c3cc(C)on3)n2)o1. The molecule has 2 N–H and O–H groups in total. The zero-order valence-corrected chi connectivity index (χ0v) is 13.8. The van der Waals surface area contributed by atoms with E-state index in [9.17, 15) is 9.59 Å². The van der Waals surface area contributed by atoms with Gasteiger partial charge in [0.25, 0.3) is 5.91 Å². The number of anilines is 1. The molecule has 0 radical (unpaired) electrons. The largest absolute Gasteiger partial charge is 0.458 e. The van der Waals surface area contributed by atoms with E-state index in [-0.39, 0.29) is 11.6 Å². The Balaban J connectivity index is 1.67. The van der Waals surface area contributed by atoms with Crippen molar-refractivity contribution in [2.45, 2.75) is 20.4 Å². The van der Waals surface area contributed by atoms with Gasteiger partial charge in [-0.15, -0.1) is 11.3 Å². The van der Waals surface area contributed by atoms with Gasteiger partial charge in [0.15, 0.2) is 16.6 Å². The molecule has 3 rings (SSSR count). The second-order valence-electron chi connectivity index (χ2n) is 4.99. The van der Waals surface area contributed by atoms with E-state index >= 15 is 0 Å². The van der Waals surface area contributed by atoms with Gasteiger partial charge in [-0.25, -0.2) is 4.98 Å². The first-order chi connectivity index (χ1) is 11.5. The Labute approximate surface area is 140 Å². The maximum absolute atomic E-state index is 12.0. The molecule has 124 valence electrons. The van der Waals surface area contributed by atoms with Crippen LogP contribution in [0.15, 0.2) is 32.5 Å². The maximum Gasteiger partial charge on any atom is 0.279 e. The lowest BCUT2D eigenvalue weighted by molar-refractivity contribution is -0.119. The van der Waals surface area contributed by atoms with Crippen molar-refractivity contribution in [3.63, 3.8) is 0 Å². The molecule has 9 heteroatoms. The fourth-order valence-corrected chi connectivity index (χ4v) is 2.60. The summed E-state index contributed by atoms with van der Waals surface area (Å²) >= 11 is 1.27. The Kier molecular flexibility index (Phi) is 4.43. The van der Waals surface area contributed by atoms with Gasteiger partial charge >= 0.3 is 0 Å². The van der Waals surface area contributed by atoms with Crippen molar-refractivity contribution in [1.82, 2.24) is 15.5 Å². The van der Waals surface area contributed by atoms with Gasteiger partial charge in [0.1, 0.15) is 17.2 Å². The third kappa shape index (κ3) is 3.69. The predicted molar refractivity (Wildman–Crippen MR) is 86.5 cm³/mol. The molecule has 3 aromatic heterocycles. The first-order valence-corrected chi connectivity index (χ1v) is 7.93. The van der Waals surface area contributed by atoms with Crippen LogP contribution in [-0.4, -0.2) is 22.0 Å². The minimum atomic E-state index is -0.390. The molecule has 0 aliphatic heterocycles. The number of hydrogen-bond acceptors (Lipinski definition) is 7. The van der Waals surface area contributed by atoms with Crippen LogP contribution < -0.4 is 10.6 Å². The number of carbonyl (C=O) groups is 2. The maximum atomic E-state index is 12.0. The number of amides is 2. The van der Waals surface area contributed by atoms with Crippen molar-refractivity contribution < 1.29 is 18.5 Å². The van der Waals surface area contributed by atoms with E-state index in [1.54, 1.807) is 30.5 Å². The van der Waals surface area contributed by atoms with Gasteiger partial charge in [-0.2, -0.15) is 0 Å². The van der Waals surface area contributed by atoms with Crippen molar-refractivity contribution in [2.75, 3.05) is 5.32 Å². The van der Waals surface area contributed by atoms with E-state index in [0.29, 0.717) is 34.7 Å². The van der Waals surface area contributed by atoms with E-state index in [0.717, 1.165) is 0 Å². The smallest absolute Gasteiger partial charge is 0.279 e. The van der Waals surface area contributed by atoms with E-state index in [4.69, 9.17) is 8.94 Å². The summed E-state index contributed by atoms with van der Waals surface area (Å²) in [5.41, 5.74) is 0.792. The summed E-state index contributed by atoms with van der Waals surface area (Å²) in [6.07, 6.45) is 0. The fraction of sp³-hybridized carbons (Fsp3) is 0.200. The van der Waals surface area contributed by atoms with Crippen LogP contribution in [0.25, 0.3) is 11.5 Å². The van der Waals surface area contributed by atoms with E-state index in [2.05, 4.69) is 20.8 Å². The highest BCUT2D eigenvalue weighted by atomic mass is 32.1. The number of hydrogen-bond donors (Lipinski definition) is 2. The Morgan fingerprint density at radius 1 is 1.33 bits per heavy atom. The molecule has 8 nitrogen and oxygen atoms in total. The summed E-state index contributed by atoms with van der Waals surface area (Å²) in [4.78, 5) is 27.2. The summed E-state index contributed by atoms with van der Waals surface area (Å²) in [6.45, 7) is 3.46. The average molecular weight is 346 g/mol. The molecule has 0 spiro atoms. The molecule has 0 aromatic carbocycles. The van der Waals surface area contributed by atoms with Crippen molar-refractivity contribution in [3.8, 4) is 11.5 Å². The van der Waals surface area contributed by atoms with E-state index in [1.165, 1.54) is 18.3 Å². The number of aromatic nitrogens is 2. The standard InChI is InChI=1S/C15H14N4O4S/c1-8-5-11(19-23-8)14(21)18-15-17-12(7-24-15)13-4-3-10(22-13)6-16-9(2)20/h3-5,7H,6H2,1-2H3,(H,16,20)(H,17,18,21). The molecule has 3 aromatic rings. The van der Waals surface area contributed by atoms with Crippen molar-refractivity contribution >= 4 is 28.3 Å². The van der Waals surface area contributed by atoms with Crippen LogP contribution in [0.4, 0.5) is 5.13 Å². The fourth-order valence-electron chi connectivity index (χ4n) is 1.90. The molecule has 0 saturated heterocycles. The van der Waals surface area contributed by atoms with Crippen molar-refractivity contribution in [3.05, 3.63) is 40.8 Å². The van der Waals surface area contributed by atoms with Crippen LogP contribution >= 0.6 is 11.3 Å². The Bertz CT molecular complexity index is 880. The highest BCUT2D eigenvalue weighted by Crippen LogP contribution is 2.26. The van der Waals surface area contributed by atoms with Gasteiger partial charge in [0.05, 0.1) is 6.54 Å². The minimum absolute atomic E-state index is 0.130. The zero-order chi connectivity index (χ0) is 17.1. The van der Waals surface area contributed by atoms with Gasteiger partial charge < -0.3 is 14.3 Å². The predicted octanol–water partition coefficient (Wildman–Crippen LogP) is 2.59. The molecule has 0 aliphatic carbocycles. The highest BCUT2D eigenvalue weighted by molar-refractivity contribution is 7.14. The minimum Gasteiger partial charge on any atom is -0.458 e. The van der Waals surface area contributed by atoms with Gasteiger partial charge in [0, 0.05) is 18.4 Å². The molecule has 0 atom stereocenters. The van der Waals surface area contributed by atoms with Gasteiger partial charge in [0.2, 0.25) is 5.91 Å². The Hall–Kier alpha value is -2.94. The molecule has 0 aliphatic rings. The second kappa shape index (κ2) is 6.67. The number of rotatable bonds is 5. The molecule has 0 bridgehead atoms. The number of nitrogens with zero attached hydrogens (tertiary/aromatic N) is 2. The quantitative estimate of drug-likeness (QED) is 0.735. The van der Waals surface area contributed by atoms with Crippen LogP contribution in [0, 0.1) is 6.92 Å². The van der Waals surface area contributed by atoms with Crippen LogP contribution in [0.1, 0.15) is 28.9 Å². The van der Waals surface area contributed by atoms with Gasteiger partial charge in [-0.05, 0) is 19.1 Å². The normalized spacial score (nSPS) is 10.6. The van der Waals surface area contributed by atoms with Gasteiger partial charge in [-0.1, -0.05) is 5.16 Å². The van der Waals surface area contributed by atoms with Crippen molar-refractivity contribution in [1.29, 1.82) is 0 Å². The summed E-state index contributed by atoms with van der Waals surface area (Å²) in [7, 11) is 0. The lowest BCUT2D eigenvalue weighted by Gasteiger charge is -1.97. The number of aryl methyl sites for hydroxylation is 1. The third-order valence-electron chi connectivity index (χ3n) is 3.01. The molecule has 3 heterocycles. The lowest BCUT2D eigenvalue weighted by Crippen LogP contribution is -2.18. The number of thiazole rings is 1. The topological polar surface area (TPSA) is 110 Å². The molecule has 0 saturated carbocycles. The average Bonchev–Trinajstić information content (AvgIpc) is 3.24. The Morgan fingerprint density at radius 3 is 2.88 bits per heavy atom. The summed E-state index contributed by atoms with van der Waals surface area (Å²) in [6, 6.07) is 5.07. The first-order valence-electron chi connectivity index (χ1n) is 7.05. The molecular formula is C15H14N4O4S. The highest BCUT2D eigenvalue weighted by Gasteiger charge is 2.15. The van der Waals surface area contributed by atoms with Crippen LogP contribution in [0.3, 0.4) is 0 Å². The second-order valence-corrected chi connectivity index (χ2v) is 5.85. The van der Waals surface area contributed by atoms with E-state index in [1.807, 2.05) is 0 Å². The summed E-state index contributed by atoms with van der Waals surface area (Å²) in [5.74, 6) is 1.22. The molecular weight excluding hydrogens is 332 g/mol. The Morgan fingerprint density at radius 2 is 2.17 bits per heavy atom. The van der Waals surface area contributed by atoms with Crippen molar-refractivity contribution in [2.24, 2.45) is 0 Å². The van der Waals surface area contributed by atoms with Gasteiger partial charge in [-0.3, -0.25) is 14.9 Å². The third-order valence-corrected chi connectivity index (χ3v) is 3.77. The van der Waals surface area contributed by atoms with Crippen LogP contribution in [-0.2, 0) is 11.3 Å². The molecule has 24 heavy (non-hydrogen) atoms.